The summed E-state index contributed by atoms with van der Waals surface area (Å²) in [5.41, 5.74) is 6.70. The first kappa shape index (κ1) is 18.2. The summed E-state index contributed by atoms with van der Waals surface area (Å²) < 4.78 is 5.45. The third-order valence-electron chi connectivity index (χ3n) is 2.40. The van der Waals surface area contributed by atoms with Crippen LogP contribution in [0.3, 0.4) is 0 Å². The first-order valence-corrected chi connectivity index (χ1v) is 6.38. The smallest absolute Gasteiger partial charge is 0.193 e. The van der Waals surface area contributed by atoms with E-state index in [1.165, 1.54) is 0 Å². The summed E-state index contributed by atoms with van der Waals surface area (Å²) in [5.74, 6) is 1.10. The number of guanidine groups is 1. The zero-order valence-corrected chi connectivity index (χ0v) is 14.0. The number of aliphatic imine (C=N–C) groups is 1. The fraction of sp³-hybridized carbons (Fsp3) is 0.500. The van der Waals surface area contributed by atoms with Crippen molar-refractivity contribution in [2.45, 2.75) is 20.3 Å². The number of rotatable bonds is 7. The fourth-order valence-corrected chi connectivity index (χ4v) is 1.36. The lowest BCUT2D eigenvalue weighted by Gasteiger charge is -2.06. The molecule has 0 aliphatic carbocycles. The molecule has 1 aromatic rings. The summed E-state index contributed by atoms with van der Waals surface area (Å²) in [4.78, 5) is 4.19. The molecular formula is C14H24IN3O. The van der Waals surface area contributed by atoms with Gasteiger partial charge in [-0.3, -0.25) is 4.99 Å². The number of ether oxygens (including phenoxy) is 1. The molecule has 0 aliphatic heterocycles. The minimum atomic E-state index is 0. The van der Waals surface area contributed by atoms with Crippen LogP contribution >= 0.6 is 24.0 Å². The number of halogens is 1. The number of hydrogen-bond donors (Lipinski definition) is 2. The average Bonchev–Trinajstić information content (AvgIpc) is 2.34. The number of nitrogens with one attached hydrogen (secondary N) is 1. The van der Waals surface area contributed by atoms with Gasteiger partial charge in [-0.25, -0.2) is 0 Å². The molecular weight excluding hydrogens is 353 g/mol. The van der Waals surface area contributed by atoms with E-state index in [4.69, 9.17) is 10.5 Å². The van der Waals surface area contributed by atoms with Crippen molar-refractivity contribution in [1.29, 1.82) is 0 Å². The van der Waals surface area contributed by atoms with Gasteiger partial charge in [0.15, 0.2) is 5.96 Å². The van der Waals surface area contributed by atoms with Crippen molar-refractivity contribution in [3.8, 4) is 0 Å². The van der Waals surface area contributed by atoms with Crippen molar-refractivity contribution in [1.82, 2.24) is 0 Å². The summed E-state index contributed by atoms with van der Waals surface area (Å²) in [6, 6.07) is 9.75. The molecule has 0 saturated heterocycles. The molecule has 19 heavy (non-hydrogen) atoms. The van der Waals surface area contributed by atoms with E-state index >= 15 is 0 Å². The van der Waals surface area contributed by atoms with Gasteiger partial charge < -0.3 is 15.8 Å². The summed E-state index contributed by atoms with van der Waals surface area (Å²) in [6.45, 7) is 6.36. The van der Waals surface area contributed by atoms with Crippen molar-refractivity contribution in [3.05, 3.63) is 30.3 Å². The molecule has 0 saturated carbocycles. The van der Waals surface area contributed by atoms with E-state index in [0.29, 0.717) is 25.0 Å². The predicted octanol–water partition coefficient (Wildman–Crippen LogP) is 3.09. The van der Waals surface area contributed by atoms with E-state index in [1.807, 2.05) is 30.3 Å². The molecule has 3 N–H and O–H groups in total. The second-order valence-electron chi connectivity index (χ2n) is 4.55. The Labute approximate surface area is 132 Å². The first-order valence-electron chi connectivity index (χ1n) is 6.38. The van der Waals surface area contributed by atoms with Gasteiger partial charge in [-0.15, -0.1) is 24.0 Å². The number of para-hydroxylation sites is 1. The number of hydrogen-bond acceptors (Lipinski definition) is 2. The third-order valence-corrected chi connectivity index (χ3v) is 2.40. The average molecular weight is 377 g/mol. The van der Waals surface area contributed by atoms with Crippen LogP contribution in [0, 0.1) is 5.92 Å². The van der Waals surface area contributed by atoms with Gasteiger partial charge in [-0.2, -0.15) is 0 Å². The number of anilines is 1. The Kier molecular flexibility index (Phi) is 10.6. The maximum Gasteiger partial charge on any atom is 0.193 e. The Morgan fingerprint density at radius 3 is 2.58 bits per heavy atom. The Bertz CT molecular complexity index is 355. The molecule has 4 nitrogen and oxygen atoms in total. The van der Waals surface area contributed by atoms with Crippen LogP contribution in [0.25, 0.3) is 0 Å². The van der Waals surface area contributed by atoms with Gasteiger partial charge in [-0.1, -0.05) is 32.0 Å². The van der Waals surface area contributed by atoms with Crippen LogP contribution in [-0.4, -0.2) is 25.7 Å². The van der Waals surface area contributed by atoms with Gasteiger partial charge in [0.05, 0.1) is 13.2 Å². The highest BCUT2D eigenvalue weighted by molar-refractivity contribution is 14.0. The molecule has 0 aromatic heterocycles. The van der Waals surface area contributed by atoms with Gasteiger partial charge in [0.2, 0.25) is 0 Å². The van der Waals surface area contributed by atoms with Crippen LogP contribution in [0.15, 0.2) is 35.3 Å². The Balaban J connectivity index is 0.00000324. The molecule has 0 atom stereocenters. The summed E-state index contributed by atoms with van der Waals surface area (Å²) in [6.07, 6.45) is 1.08. The van der Waals surface area contributed by atoms with Crippen molar-refractivity contribution in [2.75, 3.05) is 25.1 Å². The van der Waals surface area contributed by atoms with E-state index in [0.717, 1.165) is 18.7 Å². The standard InChI is InChI=1S/C14H23N3O.HI/c1-12(2)8-10-18-11-9-16-14(15)17-13-6-4-3-5-7-13;/h3-7,12H,8-11H2,1-2H3,(H3,15,16,17);1H. The van der Waals surface area contributed by atoms with E-state index in [1.54, 1.807) is 0 Å². The highest BCUT2D eigenvalue weighted by Crippen LogP contribution is 2.03. The molecule has 0 amide bonds. The summed E-state index contributed by atoms with van der Waals surface area (Å²) in [7, 11) is 0. The molecule has 0 unspecified atom stereocenters. The monoisotopic (exact) mass is 377 g/mol. The Morgan fingerprint density at radius 2 is 1.95 bits per heavy atom. The molecule has 0 radical (unpaired) electrons. The number of nitrogens with two attached hydrogens (primary N) is 1. The lowest BCUT2D eigenvalue weighted by molar-refractivity contribution is 0.131. The van der Waals surface area contributed by atoms with E-state index in [9.17, 15) is 0 Å². The minimum absolute atomic E-state index is 0. The zero-order chi connectivity index (χ0) is 13.2. The highest BCUT2D eigenvalue weighted by Gasteiger charge is 1.95. The van der Waals surface area contributed by atoms with Crippen LogP contribution in [0.4, 0.5) is 5.69 Å². The second kappa shape index (κ2) is 11.0. The van der Waals surface area contributed by atoms with Crippen LogP contribution in [-0.2, 0) is 4.74 Å². The van der Waals surface area contributed by atoms with Gasteiger partial charge in [0, 0.05) is 12.3 Å². The lowest BCUT2D eigenvalue weighted by Crippen LogP contribution is -2.23. The quantitative estimate of drug-likeness (QED) is 0.332. The van der Waals surface area contributed by atoms with Crippen LogP contribution in [0.2, 0.25) is 0 Å². The van der Waals surface area contributed by atoms with Crippen molar-refractivity contribution >= 4 is 35.6 Å². The molecule has 1 aromatic carbocycles. The fourth-order valence-electron chi connectivity index (χ4n) is 1.36. The largest absolute Gasteiger partial charge is 0.380 e. The lowest BCUT2D eigenvalue weighted by atomic mass is 10.1. The van der Waals surface area contributed by atoms with Crippen LogP contribution < -0.4 is 11.1 Å². The maximum atomic E-state index is 5.75. The highest BCUT2D eigenvalue weighted by atomic mass is 127. The molecule has 1 rings (SSSR count). The SMILES string of the molecule is CC(C)CCOCCN=C(N)Nc1ccccc1.I. The van der Waals surface area contributed by atoms with Crippen LogP contribution in [0.1, 0.15) is 20.3 Å². The summed E-state index contributed by atoms with van der Waals surface area (Å²) >= 11 is 0. The van der Waals surface area contributed by atoms with Gasteiger partial charge >= 0.3 is 0 Å². The molecule has 0 fully saturated rings. The van der Waals surface area contributed by atoms with Crippen molar-refractivity contribution in [2.24, 2.45) is 16.6 Å². The van der Waals surface area contributed by atoms with Crippen molar-refractivity contribution in [3.63, 3.8) is 0 Å². The Hall–Kier alpha value is -0.820. The van der Waals surface area contributed by atoms with Gasteiger partial charge in [0.1, 0.15) is 0 Å². The van der Waals surface area contributed by atoms with Crippen molar-refractivity contribution < 1.29 is 4.74 Å². The third kappa shape index (κ3) is 9.72. The normalized spacial score (nSPS) is 11.2. The van der Waals surface area contributed by atoms with E-state index in [2.05, 4.69) is 24.2 Å². The number of benzene rings is 1. The van der Waals surface area contributed by atoms with Gasteiger partial charge in [0.25, 0.3) is 0 Å². The molecule has 0 bridgehead atoms. The molecule has 5 heteroatoms. The molecule has 0 spiro atoms. The van der Waals surface area contributed by atoms with Gasteiger partial charge in [-0.05, 0) is 24.5 Å². The maximum absolute atomic E-state index is 5.75. The Morgan fingerprint density at radius 1 is 1.26 bits per heavy atom. The molecule has 0 aliphatic rings. The zero-order valence-electron chi connectivity index (χ0n) is 11.6. The topological polar surface area (TPSA) is 59.6 Å². The van der Waals surface area contributed by atoms with Crippen LogP contribution in [0.5, 0.6) is 0 Å². The van der Waals surface area contributed by atoms with E-state index < -0.39 is 0 Å². The minimum Gasteiger partial charge on any atom is -0.380 e. The first-order chi connectivity index (χ1) is 8.68. The molecule has 108 valence electrons. The molecule has 0 heterocycles. The predicted molar refractivity (Wildman–Crippen MR) is 92.2 cm³/mol. The number of nitrogens with zero attached hydrogens (tertiary/aromatic N) is 1. The second-order valence-corrected chi connectivity index (χ2v) is 4.55. The summed E-state index contributed by atoms with van der Waals surface area (Å²) in [5, 5.41) is 3.02. The van der Waals surface area contributed by atoms with E-state index in [-0.39, 0.29) is 24.0 Å².